The van der Waals surface area contributed by atoms with E-state index >= 15 is 0 Å². The molecule has 9 nitrogen and oxygen atoms in total. The quantitative estimate of drug-likeness (QED) is 0.462. The molecule has 0 unspecified atom stereocenters. The Morgan fingerprint density at radius 3 is 1.50 bits per heavy atom. The number of carboxylic acids is 2. The summed E-state index contributed by atoms with van der Waals surface area (Å²) >= 11 is 0. The molecule has 0 aliphatic heterocycles. The van der Waals surface area contributed by atoms with Gasteiger partial charge in [-0.1, -0.05) is 36.4 Å². The van der Waals surface area contributed by atoms with Crippen molar-refractivity contribution in [3.63, 3.8) is 0 Å². The lowest BCUT2D eigenvalue weighted by Gasteiger charge is -2.01. The van der Waals surface area contributed by atoms with Gasteiger partial charge in [-0.2, -0.15) is 10.2 Å². The van der Waals surface area contributed by atoms with E-state index in [1.54, 1.807) is 24.3 Å². The van der Waals surface area contributed by atoms with Crippen LogP contribution >= 0.6 is 0 Å². The van der Waals surface area contributed by atoms with Gasteiger partial charge in [0, 0.05) is 11.1 Å². The molecule has 0 spiro atoms. The molecule has 4 N–H and O–H groups in total. The minimum atomic E-state index is -1.11. The Balaban J connectivity index is 1.94. The van der Waals surface area contributed by atoms with Crippen LogP contribution in [0.2, 0.25) is 0 Å². The van der Waals surface area contributed by atoms with Crippen LogP contribution in [0.15, 0.2) is 58.7 Å². The number of benzene rings is 2. The predicted molar refractivity (Wildman–Crippen MR) is 93.7 cm³/mol. The van der Waals surface area contributed by atoms with Crippen LogP contribution in [0.25, 0.3) is 0 Å². The first-order chi connectivity index (χ1) is 12.5. The smallest absolute Gasteiger partial charge is 0.355 e. The van der Waals surface area contributed by atoms with Crippen LogP contribution < -0.4 is 10.9 Å². The van der Waals surface area contributed by atoms with E-state index in [2.05, 4.69) is 21.1 Å². The first-order valence-electron chi connectivity index (χ1n) is 7.26. The third-order valence-electron chi connectivity index (χ3n) is 3.12. The third-order valence-corrected chi connectivity index (χ3v) is 3.12. The average Bonchev–Trinajstić information content (AvgIpc) is 2.62. The van der Waals surface area contributed by atoms with Crippen LogP contribution in [0, 0.1) is 0 Å². The number of rotatable bonds is 6. The molecule has 0 saturated carbocycles. The van der Waals surface area contributed by atoms with Crippen LogP contribution in [-0.4, -0.2) is 40.6 Å². The maximum atomic E-state index is 11.6. The zero-order chi connectivity index (χ0) is 18.9. The molecule has 0 heterocycles. The maximum absolute atomic E-state index is 11.6. The number of hydrogen-bond acceptors (Lipinski definition) is 5. The number of carbonyl (C=O) groups is 3. The highest BCUT2D eigenvalue weighted by molar-refractivity contribution is 5.99. The number of amides is 2. The molecule has 2 rings (SSSR count). The van der Waals surface area contributed by atoms with Gasteiger partial charge in [-0.05, 0) is 12.1 Å². The molecular weight excluding hydrogens is 340 g/mol. The molecule has 0 aliphatic rings. The highest BCUT2D eigenvalue weighted by atomic mass is 16.4. The molecule has 2 aromatic carbocycles. The molecule has 2 aromatic rings. The highest BCUT2D eigenvalue weighted by Gasteiger charge is 2.07. The van der Waals surface area contributed by atoms with E-state index in [1.165, 1.54) is 36.7 Å². The molecular formula is C17H14N4O5. The van der Waals surface area contributed by atoms with Crippen molar-refractivity contribution in [1.29, 1.82) is 0 Å². The second-order valence-corrected chi connectivity index (χ2v) is 4.85. The van der Waals surface area contributed by atoms with E-state index in [0.717, 1.165) is 0 Å². The fraction of sp³-hybridized carbons (Fsp3) is 0. The Bertz CT molecular complexity index is 821. The van der Waals surface area contributed by atoms with E-state index in [9.17, 15) is 14.4 Å². The number of urea groups is 1. The Hall–Kier alpha value is -4.01. The van der Waals surface area contributed by atoms with Gasteiger partial charge in [0.05, 0.1) is 23.6 Å². The van der Waals surface area contributed by atoms with Crippen LogP contribution in [-0.2, 0) is 0 Å². The molecule has 0 bridgehead atoms. The largest absolute Gasteiger partial charge is 0.478 e. The molecule has 0 saturated heterocycles. The SMILES string of the molecule is O=C(NN=Cc1ccccc1C(=O)O)NN=Cc1ccccc1C(=O)O. The summed E-state index contributed by atoms with van der Waals surface area (Å²) in [6, 6.07) is 11.5. The number of hydrogen-bond donors (Lipinski definition) is 4. The van der Waals surface area contributed by atoms with Gasteiger partial charge in [0.2, 0.25) is 0 Å². The van der Waals surface area contributed by atoms with Crippen LogP contribution in [0.5, 0.6) is 0 Å². The molecule has 2 amide bonds. The van der Waals surface area contributed by atoms with Gasteiger partial charge in [0.1, 0.15) is 0 Å². The average molecular weight is 354 g/mol. The summed E-state index contributed by atoms with van der Waals surface area (Å²) in [5, 5.41) is 25.4. The van der Waals surface area contributed by atoms with Gasteiger partial charge in [0.25, 0.3) is 0 Å². The van der Waals surface area contributed by atoms with Crippen molar-refractivity contribution in [2.24, 2.45) is 10.2 Å². The Labute approximate surface area is 147 Å². The summed E-state index contributed by atoms with van der Waals surface area (Å²) in [5.74, 6) is -2.23. The summed E-state index contributed by atoms with van der Waals surface area (Å²) in [6.07, 6.45) is 2.37. The zero-order valence-electron chi connectivity index (χ0n) is 13.3. The van der Waals surface area contributed by atoms with Crippen molar-refractivity contribution >= 4 is 30.4 Å². The summed E-state index contributed by atoms with van der Waals surface area (Å²) in [4.78, 5) is 33.7. The summed E-state index contributed by atoms with van der Waals surface area (Å²) < 4.78 is 0. The summed E-state index contributed by atoms with van der Waals surface area (Å²) in [5.41, 5.74) is 4.96. The van der Waals surface area contributed by atoms with Crippen LogP contribution in [0.1, 0.15) is 31.8 Å². The Kier molecular flexibility index (Phi) is 6.16. The van der Waals surface area contributed by atoms with Gasteiger partial charge in [-0.3, -0.25) is 0 Å². The molecule has 0 aliphatic carbocycles. The van der Waals surface area contributed by atoms with Gasteiger partial charge in [0.15, 0.2) is 0 Å². The van der Waals surface area contributed by atoms with Gasteiger partial charge < -0.3 is 10.2 Å². The maximum Gasteiger partial charge on any atom is 0.355 e. The van der Waals surface area contributed by atoms with Crippen molar-refractivity contribution in [3.05, 3.63) is 70.8 Å². The van der Waals surface area contributed by atoms with Crippen LogP contribution in [0.3, 0.4) is 0 Å². The monoisotopic (exact) mass is 354 g/mol. The molecule has 0 aromatic heterocycles. The van der Waals surface area contributed by atoms with E-state index < -0.39 is 18.0 Å². The van der Waals surface area contributed by atoms with Gasteiger partial charge in [-0.15, -0.1) is 0 Å². The molecule has 0 fully saturated rings. The number of carbonyl (C=O) groups excluding carboxylic acids is 1. The molecule has 9 heteroatoms. The topological polar surface area (TPSA) is 140 Å². The van der Waals surface area contributed by atoms with Crippen LogP contribution in [0.4, 0.5) is 4.79 Å². The normalized spacial score (nSPS) is 10.8. The minimum absolute atomic E-state index is 0.0433. The number of carboxylic acid groups (broad SMARTS) is 2. The first-order valence-corrected chi connectivity index (χ1v) is 7.26. The number of hydrazone groups is 2. The lowest BCUT2D eigenvalue weighted by atomic mass is 10.1. The molecule has 0 atom stereocenters. The number of nitrogens with one attached hydrogen (secondary N) is 2. The fourth-order valence-electron chi connectivity index (χ4n) is 1.95. The minimum Gasteiger partial charge on any atom is -0.478 e. The van der Waals surface area contributed by atoms with Crippen molar-refractivity contribution in [1.82, 2.24) is 10.9 Å². The molecule has 0 radical (unpaired) electrons. The lowest BCUT2D eigenvalue weighted by molar-refractivity contribution is 0.0686. The summed E-state index contributed by atoms with van der Waals surface area (Å²) in [7, 11) is 0. The number of aromatic carboxylic acids is 2. The molecule has 26 heavy (non-hydrogen) atoms. The standard InChI is InChI=1S/C17H14N4O5/c22-15(23)13-7-3-1-5-11(13)9-18-20-17(26)21-19-10-12-6-2-4-8-14(12)16(24)25/h1-10H,(H,22,23)(H,24,25)(H2,20,21,26). The molecule has 132 valence electrons. The second kappa shape index (κ2) is 8.73. The van der Waals surface area contributed by atoms with Crippen molar-refractivity contribution in [3.8, 4) is 0 Å². The fourth-order valence-corrected chi connectivity index (χ4v) is 1.95. The third kappa shape index (κ3) is 4.99. The first kappa shape index (κ1) is 18.3. The van der Waals surface area contributed by atoms with Crippen molar-refractivity contribution < 1.29 is 24.6 Å². The van der Waals surface area contributed by atoms with E-state index in [-0.39, 0.29) is 11.1 Å². The predicted octanol–water partition coefficient (Wildman–Crippen LogP) is 1.75. The summed E-state index contributed by atoms with van der Waals surface area (Å²) in [6.45, 7) is 0. The Morgan fingerprint density at radius 1 is 0.731 bits per heavy atom. The van der Waals surface area contributed by atoms with E-state index in [0.29, 0.717) is 11.1 Å². The van der Waals surface area contributed by atoms with Gasteiger partial charge >= 0.3 is 18.0 Å². The van der Waals surface area contributed by atoms with Crippen molar-refractivity contribution in [2.45, 2.75) is 0 Å². The van der Waals surface area contributed by atoms with Crippen molar-refractivity contribution in [2.75, 3.05) is 0 Å². The van der Waals surface area contributed by atoms with E-state index in [1.807, 2.05) is 0 Å². The Morgan fingerprint density at radius 2 is 1.12 bits per heavy atom. The highest BCUT2D eigenvalue weighted by Crippen LogP contribution is 2.06. The second-order valence-electron chi connectivity index (χ2n) is 4.85. The lowest BCUT2D eigenvalue weighted by Crippen LogP contribution is -2.28. The van der Waals surface area contributed by atoms with Gasteiger partial charge in [-0.25, -0.2) is 25.2 Å². The zero-order valence-corrected chi connectivity index (χ0v) is 13.3. The number of nitrogens with zero attached hydrogens (tertiary/aromatic N) is 2. The van der Waals surface area contributed by atoms with E-state index in [4.69, 9.17) is 10.2 Å².